The molecule has 2 bridgehead atoms. The number of esters is 1. The average Bonchev–Trinajstić information content (AvgIpc) is 2.72. The van der Waals surface area contributed by atoms with Gasteiger partial charge in [-0.2, -0.15) is 0 Å². The molecule has 0 N–H and O–H groups in total. The van der Waals surface area contributed by atoms with Crippen LogP contribution in [-0.2, 0) is 9.47 Å². The van der Waals surface area contributed by atoms with E-state index in [-0.39, 0.29) is 29.0 Å². The van der Waals surface area contributed by atoms with Crippen LogP contribution in [0, 0.1) is 23.2 Å². The smallest absolute Gasteiger partial charge is 0.338 e. The highest BCUT2D eigenvalue weighted by Crippen LogP contribution is 2.63. The van der Waals surface area contributed by atoms with Crippen LogP contribution in [0.25, 0.3) is 0 Å². The number of carbonyl (C=O) groups excluding carboxylic acids is 1. The van der Waals surface area contributed by atoms with E-state index in [1.807, 2.05) is 36.4 Å². The SMILES string of the molecule is C[C@H]1C[C@]2(C)Oc3ccccc3[C@@H]3OC[C@@]1(COC(=O)c1ccccc1)[C@@H](C)[C@@H]32. The Morgan fingerprint density at radius 1 is 1.10 bits per heavy atom. The molecule has 2 aliphatic heterocycles. The maximum atomic E-state index is 12.6. The maximum Gasteiger partial charge on any atom is 0.338 e. The number of para-hydroxylation sites is 1. The van der Waals surface area contributed by atoms with E-state index in [0.717, 1.165) is 17.7 Å². The molecule has 0 amide bonds. The molecule has 0 aromatic heterocycles. The van der Waals surface area contributed by atoms with Crippen molar-refractivity contribution >= 4 is 5.97 Å². The lowest BCUT2D eigenvalue weighted by Crippen LogP contribution is -2.66. The van der Waals surface area contributed by atoms with Gasteiger partial charge in [-0.25, -0.2) is 4.79 Å². The molecular weight excluding hydrogens is 364 g/mol. The summed E-state index contributed by atoms with van der Waals surface area (Å²) in [6.07, 6.45) is 0.962. The van der Waals surface area contributed by atoms with Crippen LogP contribution in [-0.4, -0.2) is 24.8 Å². The Kier molecular flexibility index (Phi) is 4.25. The highest BCUT2D eigenvalue weighted by molar-refractivity contribution is 5.89. The van der Waals surface area contributed by atoms with Gasteiger partial charge in [-0.3, -0.25) is 0 Å². The summed E-state index contributed by atoms with van der Waals surface area (Å²) in [5, 5.41) is 0. The summed E-state index contributed by atoms with van der Waals surface area (Å²) in [5.74, 6) is 1.54. The van der Waals surface area contributed by atoms with E-state index >= 15 is 0 Å². The van der Waals surface area contributed by atoms with E-state index in [4.69, 9.17) is 14.2 Å². The van der Waals surface area contributed by atoms with E-state index in [1.54, 1.807) is 12.1 Å². The molecular formula is C25H28O4. The van der Waals surface area contributed by atoms with Gasteiger partial charge in [0.2, 0.25) is 0 Å². The minimum Gasteiger partial charge on any atom is -0.487 e. The number of ether oxygens (including phenoxy) is 3. The number of fused-ring (bicyclic) bond motifs is 3. The first-order valence-electron chi connectivity index (χ1n) is 10.6. The summed E-state index contributed by atoms with van der Waals surface area (Å²) < 4.78 is 18.9. The molecule has 1 saturated carbocycles. The number of rotatable bonds is 3. The minimum atomic E-state index is -0.273. The molecule has 1 saturated heterocycles. The summed E-state index contributed by atoms with van der Waals surface area (Å²) in [5.41, 5.74) is 1.27. The quantitative estimate of drug-likeness (QED) is 0.686. The topological polar surface area (TPSA) is 44.8 Å². The third-order valence-electron chi connectivity index (χ3n) is 7.75. The number of carbonyl (C=O) groups is 1. The second-order valence-corrected chi connectivity index (χ2v) is 9.28. The Labute approximate surface area is 172 Å². The molecule has 1 aliphatic carbocycles. The molecule has 152 valence electrons. The number of benzene rings is 2. The van der Waals surface area contributed by atoms with Gasteiger partial charge in [-0.1, -0.05) is 50.2 Å². The second kappa shape index (κ2) is 6.60. The van der Waals surface area contributed by atoms with Crippen molar-refractivity contribution < 1.29 is 19.0 Å². The Morgan fingerprint density at radius 3 is 2.62 bits per heavy atom. The number of hydrogen-bond acceptors (Lipinski definition) is 4. The summed E-state index contributed by atoms with van der Waals surface area (Å²) in [7, 11) is 0. The standard InChI is InChI=1S/C25H28O4/c1-16-13-24(3)21-17(2)25(16,15-28-23(26)18-9-5-4-6-10-18)14-27-22(21)19-11-7-8-12-20(19)29-24/h4-12,16-17,21-22H,13-15H2,1-3H3/t16-,17-,21-,22-,24-,25-/m0/s1. The highest BCUT2D eigenvalue weighted by Gasteiger charge is 2.64. The van der Waals surface area contributed by atoms with Crippen molar-refractivity contribution in [2.24, 2.45) is 23.2 Å². The lowest BCUT2D eigenvalue weighted by Gasteiger charge is -2.63. The van der Waals surface area contributed by atoms with Gasteiger partial charge in [0, 0.05) is 16.9 Å². The van der Waals surface area contributed by atoms with Gasteiger partial charge in [0.05, 0.1) is 24.9 Å². The van der Waals surface area contributed by atoms with Crippen molar-refractivity contribution in [3.8, 4) is 5.75 Å². The van der Waals surface area contributed by atoms with Crippen LogP contribution >= 0.6 is 0 Å². The van der Waals surface area contributed by atoms with Gasteiger partial charge in [0.1, 0.15) is 11.4 Å². The van der Waals surface area contributed by atoms with Crippen molar-refractivity contribution in [2.75, 3.05) is 13.2 Å². The van der Waals surface area contributed by atoms with Crippen molar-refractivity contribution in [1.82, 2.24) is 0 Å². The van der Waals surface area contributed by atoms with Gasteiger partial charge < -0.3 is 14.2 Å². The van der Waals surface area contributed by atoms with Gasteiger partial charge in [-0.05, 0) is 43.4 Å². The molecule has 5 rings (SSSR count). The molecule has 3 aliphatic rings. The molecule has 2 heterocycles. The summed E-state index contributed by atoms with van der Waals surface area (Å²) in [4.78, 5) is 12.6. The lowest BCUT2D eigenvalue weighted by molar-refractivity contribution is -0.259. The molecule has 6 atom stereocenters. The predicted molar refractivity (Wildman–Crippen MR) is 110 cm³/mol. The predicted octanol–water partition coefficient (Wildman–Crippen LogP) is 5.04. The zero-order chi connectivity index (χ0) is 20.2. The molecule has 0 unspecified atom stereocenters. The van der Waals surface area contributed by atoms with E-state index in [1.165, 1.54) is 0 Å². The van der Waals surface area contributed by atoms with Gasteiger partial charge in [0.25, 0.3) is 0 Å². The van der Waals surface area contributed by atoms with Crippen LogP contribution in [0.2, 0.25) is 0 Å². The van der Waals surface area contributed by atoms with E-state index in [2.05, 4.69) is 26.8 Å². The third-order valence-corrected chi connectivity index (χ3v) is 7.75. The molecule has 0 spiro atoms. The minimum absolute atomic E-state index is 0.0328. The first-order valence-corrected chi connectivity index (χ1v) is 10.6. The Bertz CT molecular complexity index is 925. The third kappa shape index (κ3) is 2.72. The molecule has 2 aromatic rings. The van der Waals surface area contributed by atoms with Crippen LogP contribution < -0.4 is 4.74 Å². The molecule has 2 aromatic carbocycles. The van der Waals surface area contributed by atoms with Crippen LogP contribution in [0.5, 0.6) is 5.75 Å². The van der Waals surface area contributed by atoms with Crippen LogP contribution in [0.3, 0.4) is 0 Å². The van der Waals surface area contributed by atoms with Crippen molar-refractivity contribution in [3.05, 3.63) is 65.7 Å². The zero-order valence-corrected chi connectivity index (χ0v) is 17.3. The fraction of sp³-hybridized carbons (Fsp3) is 0.480. The highest BCUT2D eigenvalue weighted by atomic mass is 16.5. The summed E-state index contributed by atoms with van der Waals surface area (Å²) in [6.45, 7) is 7.75. The van der Waals surface area contributed by atoms with Gasteiger partial charge >= 0.3 is 5.97 Å². The molecule has 29 heavy (non-hydrogen) atoms. The van der Waals surface area contributed by atoms with Crippen LogP contribution in [0.4, 0.5) is 0 Å². The van der Waals surface area contributed by atoms with Crippen LogP contribution in [0.1, 0.15) is 49.2 Å². The summed E-state index contributed by atoms with van der Waals surface area (Å²) >= 11 is 0. The average molecular weight is 392 g/mol. The lowest BCUT2D eigenvalue weighted by atomic mass is 9.50. The maximum absolute atomic E-state index is 12.6. The summed E-state index contributed by atoms with van der Waals surface area (Å²) in [6, 6.07) is 17.4. The Hall–Kier alpha value is -2.33. The molecule has 0 radical (unpaired) electrons. The van der Waals surface area contributed by atoms with Crippen molar-refractivity contribution in [2.45, 2.75) is 38.9 Å². The van der Waals surface area contributed by atoms with E-state index < -0.39 is 0 Å². The van der Waals surface area contributed by atoms with E-state index in [0.29, 0.717) is 30.6 Å². The number of hydrogen-bond donors (Lipinski definition) is 0. The van der Waals surface area contributed by atoms with Crippen molar-refractivity contribution in [1.29, 1.82) is 0 Å². The molecule has 4 nitrogen and oxygen atoms in total. The zero-order valence-electron chi connectivity index (χ0n) is 17.3. The fourth-order valence-corrected chi connectivity index (χ4v) is 6.11. The first kappa shape index (κ1) is 18.7. The normalized spacial score (nSPS) is 37.2. The monoisotopic (exact) mass is 392 g/mol. The Morgan fingerprint density at radius 2 is 1.83 bits per heavy atom. The Balaban J connectivity index is 1.44. The fourth-order valence-electron chi connectivity index (χ4n) is 6.11. The van der Waals surface area contributed by atoms with Crippen molar-refractivity contribution in [3.63, 3.8) is 0 Å². The van der Waals surface area contributed by atoms with Gasteiger partial charge in [0.15, 0.2) is 0 Å². The van der Waals surface area contributed by atoms with E-state index in [9.17, 15) is 4.79 Å². The first-order chi connectivity index (χ1) is 13.9. The van der Waals surface area contributed by atoms with Crippen LogP contribution in [0.15, 0.2) is 54.6 Å². The largest absolute Gasteiger partial charge is 0.487 e. The van der Waals surface area contributed by atoms with Gasteiger partial charge in [-0.15, -0.1) is 0 Å². The second-order valence-electron chi connectivity index (χ2n) is 9.28. The molecule has 4 heteroatoms. The molecule has 2 fully saturated rings.